The van der Waals surface area contributed by atoms with E-state index < -0.39 is 12.0 Å². The zero-order valence-corrected chi connectivity index (χ0v) is 12.7. The number of methoxy groups -OCH3 is 1. The first kappa shape index (κ1) is 16.2. The number of hydrogen-bond donors (Lipinski definition) is 2. The van der Waals surface area contributed by atoms with Crippen LogP contribution >= 0.6 is 0 Å². The average molecular weight is 311 g/mol. The molecule has 0 aliphatic carbocycles. The van der Waals surface area contributed by atoms with Gasteiger partial charge in [0, 0.05) is 11.1 Å². The van der Waals surface area contributed by atoms with Crippen molar-refractivity contribution in [2.45, 2.75) is 0 Å². The summed E-state index contributed by atoms with van der Waals surface area (Å²) in [4.78, 5) is 22.7. The second kappa shape index (κ2) is 8.33. The number of carbonyl (C=O) groups is 2. The van der Waals surface area contributed by atoms with Crippen molar-refractivity contribution in [1.82, 2.24) is 10.7 Å². The van der Waals surface area contributed by atoms with Crippen LogP contribution in [-0.4, -0.2) is 31.4 Å². The Kier molecular flexibility index (Phi) is 5.88. The van der Waals surface area contributed by atoms with Crippen LogP contribution in [0, 0.1) is 0 Å². The van der Waals surface area contributed by atoms with Crippen molar-refractivity contribution >= 4 is 17.7 Å². The number of carbonyl (C=O) groups excluding carboxylic acids is 2. The van der Waals surface area contributed by atoms with Crippen LogP contribution in [0.5, 0.6) is 0 Å². The third-order valence-electron chi connectivity index (χ3n) is 2.97. The van der Waals surface area contributed by atoms with Crippen LogP contribution in [0.15, 0.2) is 65.8 Å². The molecule has 0 radical (unpaired) electrons. The van der Waals surface area contributed by atoms with Crippen molar-refractivity contribution < 1.29 is 14.3 Å². The van der Waals surface area contributed by atoms with E-state index in [-0.39, 0.29) is 6.54 Å². The Labute approximate surface area is 134 Å². The Bertz CT molecular complexity index is 643. The molecule has 0 atom stereocenters. The maximum absolute atomic E-state index is 11.7. The minimum absolute atomic E-state index is 0.215. The molecular weight excluding hydrogens is 294 g/mol. The molecule has 0 saturated carbocycles. The number of hydrazone groups is 1. The number of rotatable bonds is 5. The van der Waals surface area contributed by atoms with Gasteiger partial charge in [-0.15, -0.1) is 0 Å². The monoisotopic (exact) mass is 311 g/mol. The van der Waals surface area contributed by atoms with E-state index in [1.165, 1.54) is 7.11 Å². The van der Waals surface area contributed by atoms with Crippen molar-refractivity contribution in [3.63, 3.8) is 0 Å². The predicted octanol–water partition coefficient (Wildman–Crippen LogP) is 1.91. The highest BCUT2D eigenvalue weighted by atomic mass is 16.5. The lowest BCUT2D eigenvalue weighted by molar-refractivity contribution is -0.120. The number of benzene rings is 2. The van der Waals surface area contributed by atoms with Gasteiger partial charge in [0.05, 0.1) is 12.8 Å². The van der Waals surface area contributed by atoms with E-state index in [4.69, 9.17) is 0 Å². The Morgan fingerprint density at radius 3 is 1.96 bits per heavy atom. The van der Waals surface area contributed by atoms with Gasteiger partial charge in [-0.05, 0) is 0 Å². The molecule has 0 spiro atoms. The predicted molar refractivity (Wildman–Crippen MR) is 87.1 cm³/mol. The summed E-state index contributed by atoms with van der Waals surface area (Å²) in [6.07, 6.45) is -0.671. The van der Waals surface area contributed by atoms with Gasteiger partial charge in [0.1, 0.15) is 6.54 Å². The van der Waals surface area contributed by atoms with Gasteiger partial charge in [0.25, 0.3) is 5.91 Å². The summed E-state index contributed by atoms with van der Waals surface area (Å²) in [7, 11) is 1.23. The smallest absolute Gasteiger partial charge is 0.407 e. The molecule has 0 bridgehead atoms. The van der Waals surface area contributed by atoms with E-state index in [0.717, 1.165) is 11.1 Å². The third kappa shape index (κ3) is 4.96. The summed E-state index contributed by atoms with van der Waals surface area (Å²) in [5.41, 5.74) is 4.82. The first-order valence-electron chi connectivity index (χ1n) is 7.00. The number of hydrogen-bond acceptors (Lipinski definition) is 4. The molecule has 2 N–H and O–H groups in total. The summed E-state index contributed by atoms with van der Waals surface area (Å²) in [6, 6.07) is 19.0. The fourth-order valence-electron chi connectivity index (χ4n) is 1.87. The van der Waals surface area contributed by atoms with E-state index in [1.807, 2.05) is 60.7 Å². The van der Waals surface area contributed by atoms with Crippen LogP contribution < -0.4 is 10.7 Å². The maximum atomic E-state index is 11.7. The van der Waals surface area contributed by atoms with Crippen LogP contribution in [-0.2, 0) is 9.53 Å². The highest BCUT2D eigenvalue weighted by molar-refractivity contribution is 6.13. The molecule has 2 aromatic rings. The Hall–Kier alpha value is -3.15. The van der Waals surface area contributed by atoms with E-state index >= 15 is 0 Å². The molecule has 2 amide bonds. The number of nitrogens with zero attached hydrogens (tertiary/aromatic N) is 1. The molecule has 2 aromatic carbocycles. The van der Waals surface area contributed by atoms with Crippen molar-refractivity contribution in [3.05, 3.63) is 71.8 Å². The molecule has 0 aliphatic heterocycles. The quantitative estimate of drug-likeness (QED) is 0.654. The van der Waals surface area contributed by atoms with Crippen LogP contribution in [0.1, 0.15) is 11.1 Å². The summed E-state index contributed by atoms with van der Waals surface area (Å²) >= 11 is 0. The van der Waals surface area contributed by atoms with Crippen molar-refractivity contribution in [3.8, 4) is 0 Å². The third-order valence-corrected chi connectivity index (χ3v) is 2.97. The fourth-order valence-corrected chi connectivity index (χ4v) is 1.87. The molecular formula is C17H17N3O3. The SMILES string of the molecule is COC(=O)NCC(=O)NN=C(c1ccccc1)c1ccccc1. The zero-order valence-electron chi connectivity index (χ0n) is 12.7. The zero-order chi connectivity index (χ0) is 16.5. The maximum Gasteiger partial charge on any atom is 0.407 e. The molecule has 6 heteroatoms. The van der Waals surface area contributed by atoms with Gasteiger partial charge in [-0.3, -0.25) is 4.79 Å². The highest BCUT2D eigenvalue weighted by Crippen LogP contribution is 2.10. The average Bonchev–Trinajstić information content (AvgIpc) is 2.61. The lowest BCUT2D eigenvalue weighted by Gasteiger charge is -2.08. The summed E-state index contributed by atoms with van der Waals surface area (Å²) in [6.45, 7) is -0.215. The minimum Gasteiger partial charge on any atom is -0.453 e. The summed E-state index contributed by atoms with van der Waals surface area (Å²) in [5, 5.41) is 6.49. The van der Waals surface area contributed by atoms with E-state index in [2.05, 4.69) is 20.6 Å². The largest absolute Gasteiger partial charge is 0.453 e. The second-order valence-corrected chi connectivity index (χ2v) is 4.57. The van der Waals surface area contributed by atoms with Crippen molar-refractivity contribution in [1.29, 1.82) is 0 Å². The first-order chi connectivity index (χ1) is 11.2. The number of ether oxygens (including phenoxy) is 1. The van der Waals surface area contributed by atoms with Gasteiger partial charge < -0.3 is 10.1 Å². The summed E-state index contributed by atoms with van der Waals surface area (Å²) in [5.74, 6) is -0.445. The highest BCUT2D eigenvalue weighted by Gasteiger charge is 2.08. The fraction of sp³-hybridized carbons (Fsp3) is 0.118. The van der Waals surface area contributed by atoms with Crippen LogP contribution in [0.4, 0.5) is 4.79 Å². The van der Waals surface area contributed by atoms with Gasteiger partial charge in [-0.25, -0.2) is 10.2 Å². The number of alkyl carbamates (subject to hydrolysis) is 1. The van der Waals surface area contributed by atoms with Crippen molar-refractivity contribution in [2.24, 2.45) is 5.10 Å². The molecule has 0 heterocycles. The van der Waals surface area contributed by atoms with Gasteiger partial charge >= 0.3 is 6.09 Å². The Balaban J connectivity index is 2.15. The minimum atomic E-state index is -0.671. The van der Waals surface area contributed by atoms with Gasteiger partial charge in [0.15, 0.2) is 0 Å². The molecule has 0 fully saturated rings. The molecule has 2 rings (SSSR count). The van der Waals surface area contributed by atoms with Gasteiger partial charge in [-0.2, -0.15) is 5.10 Å². The van der Waals surface area contributed by atoms with Crippen LogP contribution in [0.2, 0.25) is 0 Å². The second-order valence-electron chi connectivity index (χ2n) is 4.57. The lowest BCUT2D eigenvalue weighted by Crippen LogP contribution is -2.35. The van der Waals surface area contributed by atoms with Crippen LogP contribution in [0.3, 0.4) is 0 Å². The first-order valence-corrected chi connectivity index (χ1v) is 7.00. The Morgan fingerprint density at radius 1 is 0.957 bits per heavy atom. The standard InChI is InChI=1S/C17H17N3O3/c1-23-17(22)18-12-15(21)19-20-16(13-8-4-2-5-9-13)14-10-6-3-7-11-14/h2-11H,12H2,1H3,(H,18,22)(H,19,21). The van der Waals surface area contributed by atoms with E-state index in [9.17, 15) is 9.59 Å². The van der Waals surface area contributed by atoms with Gasteiger partial charge in [-0.1, -0.05) is 60.7 Å². The number of nitrogens with one attached hydrogen (secondary N) is 2. The molecule has 0 saturated heterocycles. The molecule has 0 aliphatic rings. The number of amides is 2. The lowest BCUT2D eigenvalue weighted by atomic mass is 10.0. The molecule has 23 heavy (non-hydrogen) atoms. The topological polar surface area (TPSA) is 79.8 Å². The molecule has 6 nitrogen and oxygen atoms in total. The molecule has 0 unspecified atom stereocenters. The van der Waals surface area contributed by atoms with Gasteiger partial charge in [0.2, 0.25) is 0 Å². The molecule has 0 aromatic heterocycles. The normalized spacial score (nSPS) is 9.61. The Morgan fingerprint density at radius 2 is 1.48 bits per heavy atom. The van der Waals surface area contributed by atoms with Crippen LogP contribution in [0.25, 0.3) is 0 Å². The van der Waals surface area contributed by atoms with Crippen molar-refractivity contribution in [2.75, 3.05) is 13.7 Å². The van der Waals surface area contributed by atoms with E-state index in [0.29, 0.717) is 5.71 Å². The molecule has 118 valence electrons. The summed E-state index contributed by atoms with van der Waals surface area (Å²) < 4.78 is 4.40. The van der Waals surface area contributed by atoms with E-state index in [1.54, 1.807) is 0 Å².